The molecule has 5 atom stereocenters. The van der Waals surface area contributed by atoms with Crippen molar-refractivity contribution in [3.63, 3.8) is 0 Å². The van der Waals surface area contributed by atoms with Crippen molar-refractivity contribution >= 4 is 17.6 Å². The van der Waals surface area contributed by atoms with Gasteiger partial charge in [-0.3, -0.25) is 9.59 Å². The number of hydrogen-bond donors (Lipinski definition) is 2. The summed E-state index contributed by atoms with van der Waals surface area (Å²) in [5.41, 5.74) is 0.648. The molecule has 6 nitrogen and oxygen atoms in total. The minimum absolute atomic E-state index is 0.0233. The summed E-state index contributed by atoms with van der Waals surface area (Å²) in [5.74, 6) is -1.51. The molecule has 0 unspecified atom stereocenters. The number of carbonyl (C=O) groups is 2. The van der Waals surface area contributed by atoms with Gasteiger partial charge in [0.2, 0.25) is 5.91 Å². The summed E-state index contributed by atoms with van der Waals surface area (Å²) in [6.45, 7) is 1.33. The number of fused-ring (bicyclic) bond motifs is 2. The van der Waals surface area contributed by atoms with Crippen molar-refractivity contribution in [1.29, 1.82) is 0 Å². The van der Waals surface area contributed by atoms with Crippen LogP contribution in [0.25, 0.3) is 0 Å². The second-order valence-corrected chi connectivity index (χ2v) is 7.30. The maximum Gasteiger partial charge on any atom is 0.307 e. The van der Waals surface area contributed by atoms with Gasteiger partial charge in [-0.25, -0.2) is 0 Å². The summed E-state index contributed by atoms with van der Waals surface area (Å²) < 4.78 is 11.2. The second-order valence-electron chi connectivity index (χ2n) is 7.30. The quantitative estimate of drug-likeness (QED) is 0.765. The van der Waals surface area contributed by atoms with E-state index in [1.165, 1.54) is 0 Å². The largest absolute Gasteiger partial charge is 0.491 e. The number of aliphatic carboxylic acids is 1. The number of carboxylic acid groups (broad SMARTS) is 1. The van der Waals surface area contributed by atoms with Gasteiger partial charge in [-0.1, -0.05) is 12.2 Å². The highest BCUT2D eigenvalue weighted by Crippen LogP contribution is 2.48. The zero-order valence-electron chi connectivity index (χ0n) is 14.5. The molecule has 1 saturated heterocycles. The van der Waals surface area contributed by atoms with E-state index in [2.05, 4.69) is 5.32 Å². The molecule has 0 radical (unpaired) electrons. The topological polar surface area (TPSA) is 84.9 Å². The monoisotopic (exact) mass is 357 g/mol. The number of carboxylic acids is 1. The fraction of sp³-hybridized carbons (Fsp3) is 0.500. The van der Waals surface area contributed by atoms with E-state index in [1.54, 1.807) is 24.3 Å². The number of anilines is 1. The van der Waals surface area contributed by atoms with E-state index in [-0.39, 0.29) is 23.8 Å². The predicted molar refractivity (Wildman–Crippen MR) is 94.9 cm³/mol. The van der Waals surface area contributed by atoms with E-state index in [4.69, 9.17) is 9.47 Å². The van der Waals surface area contributed by atoms with E-state index < -0.39 is 17.8 Å². The molecule has 2 aliphatic carbocycles. The van der Waals surface area contributed by atoms with Crippen LogP contribution in [0, 0.1) is 23.7 Å². The number of benzene rings is 1. The molecule has 1 aromatic rings. The molecule has 26 heavy (non-hydrogen) atoms. The lowest BCUT2D eigenvalue weighted by molar-refractivity contribution is -0.146. The molecule has 6 heteroatoms. The highest BCUT2D eigenvalue weighted by atomic mass is 16.5. The first kappa shape index (κ1) is 17.1. The highest BCUT2D eigenvalue weighted by Gasteiger charge is 2.51. The van der Waals surface area contributed by atoms with Crippen LogP contribution in [0.2, 0.25) is 0 Å². The maximum atomic E-state index is 12.6. The molecule has 1 heterocycles. The van der Waals surface area contributed by atoms with E-state index >= 15 is 0 Å². The van der Waals surface area contributed by atoms with Gasteiger partial charge in [0.15, 0.2) is 0 Å². The van der Waals surface area contributed by atoms with Crippen LogP contribution in [-0.4, -0.2) is 36.3 Å². The van der Waals surface area contributed by atoms with Crippen molar-refractivity contribution in [3.8, 4) is 5.75 Å². The fourth-order valence-electron chi connectivity index (χ4n) is 4.34. The van der Waals surface area contributed by atoms with Gasteiger partial charge in [0.05, 0.1) is 17.9 Å². The molecule has 0 aromatic heterocycles. The molecule has 4 rings (SSSR count). The molecule has 1 amide bonds. The number of amides is 1. The first-order valence-electron chi connectivity index (χ1n) is 9.18. The van der Waals surface area contributed by atoms with Gasteiger partial charge in [-0.2, -0.15) is 0 Å². The zero-order chi connectivity index (χ0) is 18.1. The van der Waals surface area contributed by atoms with Crippen LogP contribution in [0.4, 0.5) is 5.69 Å². The number of allylic oxidation sites excluding steroid dienone is 2. The number of ether oxygens (including phenoxy) is 2. The lowest BCUT2D eigenvalue weighted by Crippen LogP contribution is -2.36. The lowest BCUT2D eigenvalue weighted by Gasteiger charge is -2.23. The Morgan fingerprint density at radius 1 is 1.15 bits per heavy atom. The van der Waals surface area contributed by atoms with Crippen LogP contribution in [0.15, 0.2) is 36.4 Å². The standard InChI is InChI=1S/C20H23NO5/c22-19(17-12-3-4-13(10-12)18(17)20(23)24)21-14-5-7-15(8-6-14)26-11-16-2-1-9-25-16/h3-8,12-13,16-18H,1-2,9-11H2,(H,21,22)(H,23,24)/t12-,13-,16-,17-,18+/m0/s1. The lowest BCUT2D eigenvalue weighted by atomic mass is 9.82. The van der Waals surface area contributed by atoms with Crippen molar-refractivity contribution in [2.75, 3.05) is 18.5 Å². The van der Waals surface area contributed by atoms with Crippen LogP contribution in [0.1, 0.15) is 19.3 Å². The Morgan fingerprint density at radius 2 is 1.88 bits per heavy atom. The fourth-order valence-corrected chi connectivity index (χ4v) is 4.34. The minimum Gasteiger partial charge on any atom is -0.491 e. The van der Waals surface area contributed by atoms with Crippen molar-refractivity contribution in [3.05, 3.63) is 36.4 Å². The predicted octanol–water partition coefficient (Wildman–Crippen LogP) is 2.71. The Morgan fingerprint density at radius 3 is 2.54 bits per heavy atom. The Kier molecular flexibility index (Phi) is 4.68. The van der Waals surface area contributed by atoms with Crippen molar-refractivity contribution in [2.45, 2.75) is 25.4 Å². The van der Waals surface area contributed by atoms with Gasteiger partial charge in [-0.15, -0.1) is 0 Å². The second kappa shape index (κ2) is 7.11. The van der Waals surface area contributed by atoms with Crippen LogP contribution in [-0.2, 0) is 14.3 Å². The van der Waals surface area contributed by atoms with Crippen molar-refractivity contribution in [2.24, 2.45) is 23.7 Å². The van der Waals surface area contributed by atoms with Gasteiger partial charge in [0, 0.05) is 12.3 Å². The van der Waals surface area contributed by atoms with E-state index in [9.17, 15) is 14.7 Å². The van der Waals surface area contributed by atoms with Crippen molar-refractivity contribution < 1.29 is 24.2 Å². The average Bonchev–Trinajstić information content (AvgIpc) is 3.37. The molecule has 1 aromatic carbocycles. The number of nitrogens with one attached hydrogen (secondary N) is 1. The molecule has 3 aliphatic rings. The van der Waals surface area contributed by atoms with Gasteiger partial charge in [-0.05, 0) is 55.4 Å². The molecule has 1 aliphatic heterocycles. The molecule has 138 valence electrons. The number of rotatable bonds is 6. The Labute approximate surface area is 152 Å². The minimum atomic E-state index is -0.889. The van der Waals surface area contributed by atoms with Crippen LogP contribution in [0.3, 0.4) is 0 Å². The molecule has 2 fully saturated rings. The first-order valence-corrected chi connectivity index (χ1v) is 9.18. The number of carbonyl (C=O) groups excluding carboxylic acids is 1. The van der Waals surface area contributed by atoms with Gasteiger partial charge in [0.25, 0.3) is 0 Å². The molecule has 0 spiro atoms. The molecular formula is C20H23NO5. The van der Waals surface area contributed by atoms with Crippen LogP contribution >= 0.6 is 0 Å². The number of hydrogen-bond acceptors (Lipinski definition) is 4. The Balaban J connectivity index is 1.35. The zero-order valence-corrected chi connectivity index (χ0v) is 14.5. The third-order valence-electron chi connectivity index (χ3n) is 5.63. The summed E-state index contributed by atoms with van der Waals surface area (Å²) in [7, 11) is 0. The normalized spacial score (nSPS) is 31.9. The summed E-state index contributed by atoms with van der Waals surface area (Å²) >= 11 is 0. The maximum absolute atomic E-state index is 12.6. The molecule has 1 saturated carbocycles. The van der Waals surface area contributed by atoms with Gasteiger partial charge >= 0.3 is 5.97 Å². The SMILES string of the molecule is O=C(Nc1ccc(OC[C@@H]2CCCO2)cc1)[C@@H]1[C@H](C(=O)O)[C@H]2C=C[C@H]1C2. The average molecular weight is 357 g/mol. The Hall–Kier alpha value is -2.34. The third-order valence-corrected chi connectivity index (χ3v) is 5.63. The smallest absolute Gasteiger partial charge is 0.307 e. The highest BCUT2D eigenvalue weighted by molar-refractivity contribution is 5.96. The molecule has 2 N–H and O–H groups in total. The summed E-state index contributed by atoms with van der Waals surface area (Å²) in [4.78, 5) is 24.2. The van der Waals surface area contributed by atoms with E-state index in [0.717, 1.165) is 31.6 Å². The summed E-state index contributed by atoms with van der Waals surface area (Å²) in [6.07, 6.45) is 6.94. The summed E-state index contributed by atoms with van der Waals surface area (Å²) in [5, 5.41) is 12.3. The van der Waals surface area contributed by atoms with Gasteiger partial charge in [0.1, 0.15) is 12.4 Å². The van der Waals surface area contributed by atoms with Gasteiger partial charge < -0.3 is 19.9 Å². The summed E-state index contributed by atoms with van der Waals surface area (Å²) in [6, 6.07) is 7.17. The molecule has 2 bridgehead atoms. The van der Waals surface area contributed by atoms with Crippen molar-refractivity contribution in [1.82, 2.24) is 0 Å². The first-order chi connectivity index (χ1) is 12.6. The molecular weight excluding hydrogens is 334 g/mol. The Bertz CT molecular complexity index is 707. The van der Waals surface area contributed by atoms with Crippen LogP contribution in [0.5, 0.6) is 5.75 Å². The van der Waals surface area contributed by atoms with E-state index in [0.29, 0.717) is 12.3 Å². The third kappa shape index (κ3) is 3.33. The van der Waals surface area contributed by atoms with Crippen LogP contribution < -0.4 is 10.1 Å². The van der Waals surface area contributed by atoms with E-state index in [1.807, 2.05) is 12.2 Å².